The predicted molar refractivity (Wildman–Crippen MR) is 63.8 cm³/mol. The number of hydrogen-bond donors (Lipinski definition) is 1. The van der Waals surface area contributed by atoms with Crippen molar-refractivity contribution in [3.63, 3.8) is 0 Å². The molecule has 0 aromatic heterocycles. The molecule has 0 radical (unpaired) electrons. The zero-order valence-corrected chi connectivity index (χ0v) is 10.00. The number of urea groups is 1. The lowest BCUT2D eigenvalue weighted by atomic mass is 10.0. The van der Waals surface area contributed by atoms with E-state index in [4.69, 9.17) is 4.74 Å². The highest BCUT2D eigenvalue weighted by atomic mass is 16.5. The lowest BCUT2D eigenvalue weighted by Gasteiger charge is -2.27. The first-order valence-corrected chi connectivity index (χ1v) is 5.99. The van der Waals surface area contributed by atoms with Crippen molar-refractivity contribution in [2.75, 3.05) is 6.61 Å². The smallest absolute Gasteiger partial charge is 0.331 e. The fourth-order valence-electron chi connectivity index (χ4n) is 2.62. The van der Waals surface area contributed by atoms with Gasteiger partial charge in [0.2, 0.25) is 0 Å². The summed E-state index contributed by atoms with van der Waals surface area (Å²) in [5, 5.41) is 2.68. The van der Waals surface area contributed by atoms with Crippen molar-refractivity contribution in [2.45, 2.75) is 25.0 Å². The van der Waals surface area contributed by atoms with Gasteiger partial charge in [-0.15, -0.1) is 0 Å². The molecule has 1 aromatic rings. The topological polar surface area (TPSA) is 58.6 Å². The van der Waals surface area contributed by atoms with Gasteiger partial charge in [-0.2, -0.15) is 0 Å². The summed E-state index contributed by atoms with van der Waals surface area (Å²) in [6, 6.07) is 8.79. The molecule has 94 valence electrons. The van der Waals surface area contributed by atoms with Crippen LogP contribution in [0.15, 0.2) is 30.3 Å². The van der Waals surface area contributed by atoms with Crippen molar-refractivity contribution < 1.29 is 14.3 Å². The van der Waals surface area contributed by atoms with Crippen molar-refractivity contribution in [1.29, 1.82) is 0 Å². The normalized spacial score (nSPS) is 27.7. The van der Waals surface area contributed by atoms with Gasteiger partial charge in [-0.3, -0.25) is 0 Å². The second-order valence-corrected chi connectivity index (χ2v) is 4.62. The average molecular weight is 246 g/mol. The SMILES string of the molecule is C[C@H](c1ccccc1)N1C(=O)N[C@@H]2C(=O)OC[C@@H]21. The molecule has 2 heterocycles. The Bertz CT molecular complexity index is 488. The number of esters is 1. The number of amides is 2. The Hall–Kier alpha value is -2.04. The minimum absolute atomic E-state index is 0.0734. The van der Waals surface area contributed by atoms with Crippen molar-refractivity contribution in [1.82, 2.24) is 10.2 Å². The Balaban J connectivity index is 1.88. The molecule has 2 aliphatic heterocycles. The van der Waals surface area contributed by atoms with Gasteiger partial charge in [0.1, 0.15) is 6.61 Å². The number of benzene rings is 1. The average Bonchev–Trinajstić information content (AvgIpc) is 2.89. The molecule has 0 bridgehead atoms. The fourth-order valence-corrected chi connectivity index (χ4v) is 2.62. The summed E-state index contributed by atoms with van der Waals surface area (Å²) in [6.07, 6.45) is 0. The number of hydrogen-bond acceptors (Lipinski definition) is 3. The van der Waals surface area contributed by atoms with Gasteiger partial charge >= 0.3 is 12.0 Å². The van der Waals surface area contributed by atoms with Gasteiger partial charge in [0.05, 0.1) is 12.1 Å². The lowest BCUT2D eigenvalue weighted by molar-refractivity contribution is -0.139. The minimum Gasteiger partial charge on any atom is -0.462 e. The van der Waals surface area contributed by atoms with Crippen LogP contribution in [0.4, 0.5) is 4.79 Å². The van der Waals surface area contributed by atoms with Crippen LogP contribution in [0.3, 0.4) is 0 Å². The standard InChI is InChI=1S/C13H14N2O3/c1-8(9-5-3-2-4-6-9)15-10-7-18-12(16)11(10)14-13(15)17/h2-6,8,10-11H,7H2,1H3,(H,14,17)/t8-,10+,11+/m1/s1. The van der Waals surface area contributed by atoms with E-state index in [1.54, 1.807) is 4.90 Å². The molecule has 1 aromatic carbocycles. The number of nitrogens with one attached hydrogen (secondary N) is 1. The first kappa shape index (κ1) is 11.1. The molecule has 2 amide bonds. The van der Waals surface area contributed by atoms with Crippen LogP contribution >= 0.6 is 0 Å². The molecular weight excluding hydrogens is 232 g/mol. The molecule has 0 saturated carbocycles. The number of cyclic esters (lactones) is 1. The molecule has 2 saturated heterocycles. The largest absolute Gasteiger partial charge is 0.462 e. The number of nitrogens with zero attached hydrogens (tertiary/aromatic N) is 1. The van der Waals surface area contributed by atoms with Gasteiger partial charge in [-0.1, -0.05) is 30.3 Å². The van der Waals surface area contributed by atoms with E-state index in [1.165, 1.54) is 0 Å². The number of fused-ring (bicyclic) bond motifs is 1. The van der Waals surface area contributed by atoms with Gasteiger partial charge in [0.25, 0.3) is 0 Å². The summed E-state index contributed by atoms with van der Waals surface area (Å²) in [5.41, 5.74) is 1.05. The third-order valence-corrected chi connectivity index (χ3v) is 3.61. The first-order valence-electron chi connectivity index (χ1n) is 5.99. The Morgan fingerprint density at radius 1 is 1.33 bits per heavy atom. The van der Waals surface area contributed by atoms with E-state index in [-0.39, 0.29) is 30.7 Å². The van der Waals surface area contributed by atoms with Crippen molar-refractivity contribution in [3.05, 3.63) is 35.9 Å². The number of carbonyl (C=O) groups is 2. The number of ether oxygens (including phenoxy) is 1. The van der Waals surface area contributed by atoms with Crippen LogP contribution in [0, 0.1) is 0 Å². The Kier molecular flexibility index (Phi) is 2.47. The van der Waals surface area contributed by atoms with Crippen LogP contribution in [0.5, 0.6) is 0 Å². The zero-order valence-electron chi connectivity index (χ0n) is 10.00. The Morgan fingerprint density at radius 2 is 2.06 bits per heavy atom. The zero-order chi connectivity index (χ0) is 12.7. The molecule has 2 fully saturated rings. The van der Waals surface area contributed by atoms with Gasteiger partial charge in [0, 0.05) is 0 Å². The van der Waals surface area contributed by atoms with Crippen LogP contribution in [0.25, 0.3) is 0 Å². The van der Waals surface area contributed by atoms with E-state index < -0.39 is 6.04 Å². The molecule has 5 heteroatoms. The van der Waals surface area contributed by atoms with Crippen LogP contribution in [-0.2, 0) is 9.53 Å². The predicted octanol–water partition coefficient (Wildman–Crippen LogP) is 1.07. The molecule has 0 aliphatic carbocycles. The van der Waals surface area contributed by atoms with E-state index >= 15 is 0 Å². The van der Waals surface area contributed by atoms with E-state index in [1.807, 2.05) is 37.3 Å². The number of carbonyl (C=O) groups excluding carboxylic acids is 2. The van der Waals surface area contributed by atoms with Crippen LogP contribution in [0.1, 0.15) is 18.5 Å². The molecule has 18 heavy (non-hydrogen) atoms. The lowest BCUT2D eigenvalue weighted by Crippen LogP contribution is -2.38. The van der Waals surface area contributed by atoms with Crippen LogP contribution in [0.2, 0.25) is 0 Å². The Morgan fingerprint density at radius 3 is 2.78 bits per heavy atom. The van der Waals surface area contributed by atoms with E-state index in [0.29, 0.717) is 0 Å². The summed E-state index contributed by atoms with van der Waals surface area (Å²) in [7, 11) is 0. The van der Waals surface area contributed by atoms with Crippen LogP contribution in [-0.4, -0.2) is 35.6 Å². The third kappa shape index (κ3) is 1.54. The van der Waals surface area contributed by atoms with Gasteiger partial charge < -0.3 is 15.0 Å². The summed E-state index contributed by atoms with van der Waals surface area (Å²) in [4.78, 5) is 25.1. The molecule has 0 spiro atoms. The number of rotatable bonds is 2. The quantitative estimate of drug-likeness (QED) is 0.794. The first-order chi connectivity index (χ1) is 8.68. The molecule has 2 aliphatic rings. The van der Waals surface area contributed by atoms with Crippen molar-refractivity contribution >= 4 is 12.0 Å². The maximum atomic E-state index is 12.0. The monoisotopic (exact) mass is 246 g/mol. The summed E-state index contributed by atoms with van der Waals surface area (Å²) < 4.78 is 4.99. The van der Waals surface area contributed by atoms with Gasteiger partial charge in [0.15, 0.2) is 6.04 Å². The summed E-state index contributed by atoms with van der Waals surface area (Å²) in [6.45, 7) is 2.24. The molecule has 0 unspecified atom stereocenters. The molecular formula is C13H14N2O3. The molecule has 3 rings (SSSR count). The molecule has 3 atom stereocenters. The van der Waals surface area contributed by atoms with E-state index in [0.717, 1.165) is 5.56 Å². The third-order valence-electron chi connectivity index (χ3n) is 3.61. The minimum atomic E-state index is -0.510. The van der Waals surface area contributed by atoms with Gasteiger partial charge in [-0.25, -0.2) is 9.59 Å². The fraction of sp³-hybridized carbons (Fsp3) is 0.385. The highest BCUT2D eigenvalue weighted by Crippen LogP contribution is 2.30. The maximum absolute atomic E-state index is 12.0. The molecule has 5 nitrogen and oxygen atoms in total. The van der Waals surface area contributed by atoms with Gasteiger partial charge in [-0.05, 0) is 12.5 Å². The van der Waals surface area contributed by atoms with Crippen molar-refractivity contribution in [3.8, 4) is 0 Å². The van der Waals surface area contributed by atoms with Crippen molar-refractivity contribution in [2.24, 2.45) is 0 Å². The highest BCUT2D eigenvalue weighted by Gasteiger charge is 2.50. The molecule has 1 N–H and O–H groups in total. The summed E-state index contributed by atoms with van der Waals surface area (Å²) in [5.74, 6) is -0.337. The second-order valence-electron chi connectivity index (χ2n) is 4.62. The Labute approximate surface area is 105 Å². The van der Waals surface area contributed by atoms with E-state index in [2.05, 4.69) is 5.32 Å². The van der Waals surface area contributed by atoms with Crippen LogP contribution < -0.4 is 5.32 Å². The maximum Gasteiger partial charge on any atom is 0.331 e. The highest BCUT2D eigenvalue weighted by molar-refractivity contribution is 5.90. The van der Waals surface area contributed by atoms with E-state index in [9.17, 15) is 9.59 Å². The summed E-state index contributed by atoms with van der Waals surface area (Å²) >= 11 is 0. The second kappa shape index (κ2) is 4.01.